The average molecular weight is 397 g/mol. The van der Waals surface area contributed by atoms with Gasteiger partial charge in [-0.2, -0.15) is 0 Å². The molecule has 2 aromatic rings. The largest absolute Gasteiger partial charge is 0.346 e. The lowest BCUT2D eigenvalue weighted by molar-refractivity contribution is 0.0940. The molecule has 0 spiro atoms. The molecular weight excluding hydrogens is 382 g/mol. The van der Waals surface area contributed by atoms with Crippen LogP contribution in [0, 0.1) is 0 Å². The van der Waals surface area contributed by atoms with E-state index in [1.807, 2.05) is 55.5 Å². The topological polar surface area (TPSA) is 29.1 Å². The van der Waals surface area contributed by atoms with E-state index in [-0.39, 0.29) is 11.9 Å². The molecule has 1 amide bonds. The number of alkyl halides is 1. The molecule has 2 nitrogen and oxygen atoms in total. The predicted octanol–water partition coefficient (Wildman–Crippen LogP) is 4.84. The summed E-state index contributed by atoms with van der Waals surface area (Å²) in [6.07, 6.45) is 0. The van der Waals surface area contributed by atoms with Gasteiger partial charge in [-0.15, -0.1) is 0 Å². The molecule has 0 saturated carbocycles. The minimum absolute atomic E-state index is 0.0316. The molecule has 4 heteroatoms. The number of hydrogen-bond acceptors (Lipinski definition) is 1. The maximum Gasteiger partial charge on any atom is 0.251 e. The zero-order valence-electron chi connectivity index (χ0n) is 11.1. The highest BCUT2D eigenvalue weighted by Gasteiger charge is 2.11. The Kier molecular flexibility index (Phi) is 5.38. The van der Waals surface area contributed by atoms with Crippen LogP contribution < -0.4 is 5.32 Å². The summed E-state index contributed by atoms with van der Waals surface area (Å²) < 4.78 is 1.01. The third-order valence-electron chi connectivity index (χ3n) is 3.07. The molecule has 2 rings (SSSR count). The summed E-state index contributed by atoms with van der Waals surface area (Å²) in [6.45, 7) is 1.98. The zero-order valence-corrected chi connectivity index (χ0v) is 14.2. The van der Waals surface area contributed by atoms with Crippen LogP contribution in [0.5, 0.6) is 0 Å². The van der Waals surface area contributed by atoms with E-state index in [2.05, 4.69) is 37.2 Å². The Bertz CT molecular complexity index is 596. The lowest BCUT2D eigenvalue weighted by atomic mass is 10.1. The molecule has 0 aliphatic rings. The Labute approximate surface area is 135 Å². The smallest absolute Gasteiger partial charge is 0.251 e. The monoisotopic (exact) mass is 395 g/mol. The van der Waals surface area contributed by atoms with Gasteiger partial charge in [-0.1, -0.05) is 56.1 Å². The van der Waals surface area contributed by atoms with Crippen LogP contribution in [0.3, 0.4) is 0 Å². The van der Waals surface area contributed by atoms with Crippen molar-refractivity contribution in [2.24, 2.45) is 0 Å². The Hall–Kier alpha value is -1.13. The maximum atomic E-state index is 12.2. The molecule has 0 aliphatic heterocycles. The SMILES string of the molecule is C[C@@H](NC(=O)c1ccc(CBr)cc1)c1cccc(Br)c1. The van der Waals surface area contributed by atoms with Gasteiger partial charge in [0, 0.05) is 15.4 Å². The molecule has 1 N–H and O–H groups in total. The number of nitrogens with one attached hydrogen (secondary N) is 1. The first-order valence-corrected chi connectivity index (χ1v) is 8.23. The summed E-state index contributed by atoms with van der Waals surface area (Å²) in [5.74, 6) is -0.0569. The lowest BCUT2D eigenvalue weighted by Gasteiger charge is -2.15. The van der Waals surface area contributed by atoms with E-state index in [9.17, 15) is 4.79 Å². The number of halogens is 2. The highest BCUT2D eigenvalue weighted by molar-refractivity contribution is 9.10. The first kappa shape index (κ1) is 15.3. The van der Waals surface area contributed by atoms with Crippen LogP contribution in [0.1, 0.15) is 34.5 Å². The van der Waals surface area contributed by atoms with Crippen LogP contribution in [0.4, 0.5) is 0 Å². The zero-order chi connectivity index (χ0) is 14.5. The van der Waals surface area contributed by atoms with E-state index < -0.39 is 0 Å². The van der Waals surface area contributed by atoms with Crippen molar-refractivity contribution in [3.05, 3.63) is 69.7 Å². The van der Waals surface area contributed by atoms with Crippen LogP contribution in [-0.4, -0.2) is 5.91 Å². The van der Waals surface area contributed by atoms with Crippen molar-refractivity contribution < 1.29 is 4.79 Å². The minimum Gasteiger partial charge on any atom is -0.346 e. The summed E-state index contributed by atoms with van der Waals surface area (Å²) in [7, 11) is 0. The fourth-order valence-electron chi connectivity index (χ4n) is 1.88. The van der Waals surface area contributed by atoms with Gasteiger partial charge in [0.05, 0.1) is 6.04 Å². The molecular formula is C16H15Br2NO. The summed E-state index contributed by atoms with van der Waals surface area (Å²) in [5, 5.41) is 3.80. The molecule has 0 aliphatic carbocycles. The fourth-order valence-corrected chi connectivity index (χ4v) is 2.68. The van der Waals surface area contributed by atoms with Crippen molar-refractivity contribution in [2.75, 3.05) is 0 Å². The molecule has 0 aromatic heterocycles. The molecule has 2 aromatic carbocycles. The van der Waals surface area contributed by atoms with Gasteiger partial charge in [0.15, 0.2) is 0 Å². The van der Waals surface area contributed by atoms with Gasteiger partial charge in [-0.05, 0) is 42.3 Å². The van der Waals surface area contributed by atoms with E-state index in [4.69, 9.17) is 0 Å². The minimum atomic E-state index is -0.0569. The molecule has 0 radical (unpaired) electrons. The second-order valence-electron chi connectivity index (χ2n) is 4.58. The van der Waals surface area contributed by atoms with Crippen LogP contribution in [-0.2, 0) is 5.33 Å². The molecule has 104 valence electrons. The average Bonchev–Trinajstić information content (AvgIpc) is 2.47. The van der Waals surface area contributed by atoms with Crippen molar-refractivity contribution in [2.45, 2.75) is 18.3 Å². The molecule has 0 bridgehead atoms. The van der Waals surface area contributed by atoms with Crippen molar-refractivity contribution in [3.63, 3.8) is 0 Å². The molecule has 0 fully saturated rings. The number of benzene rings is 2. The van der Waals surface area contributed by atoms with Crippen molar-refractivity contribution >= 4 is 37.8 Å². The van der Waals surface area contributed by atoms with Gasteiger partial charge in [0.1, 0.15) is 0 Å². The molecule has 0 unspecified atom stereocenters. The first-order valence-electron chi connectivity index (χ1n) is 6.31. The normalized spacial score (nSPS) is 11.9. The van der Waals surface area contributed by atoms with Gasteiger partial charge >= 0.3 is 0 Å². The van der Waals surface area contributed by atoms with E-state index in [0.29, 0.717) is 5.56 Å². The maximum absolute atomic E-state index is 12.2. The van der Waals surface area contributed by atoms with Crippen LogP contribution >= 0.6 is 31.9 Å². The van der Waals surface area contributed by atoms with Crippen LogP contribution in [0.2, 0.25) is 0 Å². The number of rotatable bonds is 4. The number of amides is 1. The van der Waals surface area contributed by atoms with Gasteiger partial charge < -0.3 is 5.32 Å². The highest BCUT2D eigenvalue weighted by atomic mass is 79.9. The third kappa shape index (κ3) is 3.93. The molecule has 0 heterocycles. The highest BCUT2D eigenvalue weighted by Crippen LogP contribution is 2.18. The van der Waals surface area contributed by atoms with Crippen molar-refractivity contribution in [1.29, 1.82) is 0 Å². The summed E-state index contributed by atoms with van der Waals surface area (Å²) >= 11 is 6.83. The Morgan fingerprint density at radius 3 is 2.50 bits per heavy atom. The van der Waals surface area contributed by atoms with E-state index >= 15 is 0 Å². The van der Waals surface area contributed by atoms with Gasteiger partial charge in [-0.25, -0.2) is 0 Å². The quantitative estimate of drug-likeness (QED) is 0.736. The number of carbonyl (C=O) groups is 1. The summed E-state index contributed by atoms with van der Waals surface area (Å²) in [4.78, 5) is 12.2. The van der Waals surface area contributed by atoms with Crippen LogP contribution in [0.15, 0.2) is 53.0 Å². The third-order valence-corrected chi connectivity index (χ3v) is 4.21. The fraction of sp³-hybridized carbons (Fsp3) is 0.188. The van der Waals surface area contributed by atoms with E-state index in [0.717, 1.165) is 20.9 Å². The standard InChI is InChI=1S/C16H15Br2NO/c1-11(14-3-2-4-15(18)9-14)19-16(20)13-7-5-12(10-17)6-8-13/h2-9,11H,10H2,1H3,(H,19,20)/t11-/m1/s1. The van der Waals surface area contributed by atoms with Gasteiger partial charge in [0.2, 0.25) is 0 Å². The molecule has 1 atom stereocenters. The molecule has 20 heavy (non-hydrogen) atoms. The second-order valence-corrected chi connectivity index (χ2v) is 6.06. The summed E-state index contributed by atoms with van der Waals surface area (Å²) in [6, 6.07) is 15.5. The summed E-state index contributed by atoms with van der Waals surface area (Å²) in [5.41, 5.74) is 2.91. The van der Waals surface area contributed by atoms with Crippen LogP contribution in [0.25, 0.3) is 0 Å². The van der Waals surface area contributed by atoms with Gasteiger partial charge in [0.25, 0.3) is 5.91 Å². The Morgan fingerprint density at radius 2 is 1.90 bits per heavy atom. The van der Waals surface area contributed by atoms with E-state index in [1.54, 1.807) is 0 Å². The predicted molar refractivity (Wildman–Crippen MR) is 89.1 cm³/mol. The Balaban J connectivity index is 2.06. The van der Waals surface area contributed by atoms with Crippen molar-refractivity contribution in [1.82, 2.24) is 5.32 Å². The molecule has 0 saturated heterocycles. The van der Waals surface area contributed by atoms with Crippen molar-refractivity contribution in [3.8, 4) is 0 Å². The van der Waals surface area contributed by atoms with Gasteiger partial charge in [-0.3, -0.25) is 4.79 Å². The number of carbonyl (C=O) groups excluding carboxylic acids is 1. The van der Waals surface area contributed by atoms with E-state index in [1.165, 1.54) is 0 Å². The first-order chi connectivity index (χ1) is 9.60. The number of hydrogen-bond donors (Lipinski definition) is 1. The lowest BCUT2D eigenvalue weighted by Crippen LogP contribution is -2.26. The Morgan fingerprint density at radius 1 is 1.20 bits per heavy atom. The second kappa shape index (κ2) is 7.04.